The van der Waals surface area contributed by atoms with Crippen molar-refractivity contribution >= 4 is 60.2 Å². The summed E-state index contributed by atoms with van der Waals surface area (Å²) in [5.41, 5.74) is 9.19. The molecule has 0 radical (unpaired) electrons. The number of nitrogens with zero attached hydrogens (tertiary/aromatic N) is 1. The van der Waals surface area contributed by atoms with Gasteiger partial charge in [-0.05, 0) is 44.8 Å². The Morgan fingerprint density at radius 2 is 0.771 bits per heavy atom. The van der Waals surface area contributed by atoms with Gasteiger partial charge in [-0.3, -0.25) is 0 Å². The highest BCUT2D eigenvalue weighted by Crippen LogP contribution is 2.61. The van der Waals surface area contributed by atoms with Gasteiger partial charge in [-0.15, -0.1) is 0 Å². The molecule has 7 aromatic carbocycles. The Balaban J connectivity index is 1.63. The van der Waals surface area contributed by atoms with Crippen LogP contribution in [-0.4, -0.2) is 0 Å². The standard InChI is InChI=1S/C34H19N/c1-3-12-24-20(8-1)18-22-10-5-14-26-28-16-7-17-29-27-15-6-11-23-19-21-9-2-4-13-25(21)34(31(23)27)35(32(28)29)33(24)30(22)26/h1-19H. The van der Waals surface area contributed by atoms with E-state index in [2.05, 4.69) is 120 Å². The summed E-state index contributed by atoms with van der Waals surface area (Å²) < 4.78 is 0. The third kappa shape index (κ3) is 2.06. The van der Waals surface area contributed by atoms with Crippen molar-refractivity contribution in [2.45, 2.75) is 0 Å². The zero-order valence-electron chi connectivity index (χ0n) is 18.9. The normalized spacial score (nSPS) is 13.1. The maximum atomic E-state index is 2.60. The van der Waals surface area contributed by atoms with Crippen LogP contribution in [0.4, 0.5) is 17.1 Å². The first kappa shape index (κ1) is 17.8. The zero-order chi connectivity index (χ0) is 22.7. The highest BCUT2D eigenvalue weighted by atomic mass is 15.2. The Morgan fingerprint density at radius 3 is 1.31 bits per heavy atom. The summed E-state index contributed by atoms with van der Waals surface area (Å²) in [5.74, 6) is 0. The molecule has 2 heterocycles. The molecular weight excluding hydrogens is 422 g/mol. The smallest absolute Gasteiger partial charge is 0.0625 e. The highest BCUT2D eigenvalue weighted by Gasteiger charge is 2.35. The minimum absolute atomic E-state index is 1.28. The first-order chi connectivity index (χ1) is 17.4. The summed E-state index contributed by atoms with van der Waals surface area (Å²) in [6.07, 6.45) is 0. The Hall–Kier alpha value is -4.62. The average molecular weight is 442 g/mol. The average Bonchev–Trinajstić information content (AvgIpc) is 2.91. The SMILES string of the molecule is c1cc2c3c(c1)-c1cccc4cc5ccccc5c(c14)N3c1c3ccccc3cc3cccc-2c13. The van der Waals surface area contributed by atoms with Crippen molar-refractivity contribution in [2.24, 2.45) is 0 Å². The highest BCUT2D eigenvalue weighted by molar-refractivity contribution is 6.30. The largest absolute Gasteiger partial charge is 0.307 e. The van der Waals surface area contributed by atoms with Crippen LogP contribution in [0.25, 0.3) is 65.3 Å². The monoisotopic (exact) mass is 441 g/mol. The second-order valence-electron chi connectivity index (χ2n) is 9.74. The van der Waals surface area contributed by atoms with Crippen molar-refractivity contribution in [3.8, 4) is 22.3 Å². The fourth-order valence-corrected chi connectivity index (χ4v) is 6.66. The molecule has 1 heteroatoms. The maximum Gasteiger partial charge on any atom is 0.0625 e. The van der Waals surface area contributed by atoms with E-state index in [4.69, 9.17) is 0 Å². The van der Waals surface area contributed by atoms with E-state index in [9.17, 15) is 0 Å². The Kier molecular flexibility index (Phi) is 3.09. The van der Waals surface area contributed by atoms with E-state index in [-0.39, 0.29) is 0 Å². The summed E-state index contributed by atoms with van der Waals surface area (Å²) in [4.78, 5) is 2.60. The summed E-state index contributed by atoms with van der Waals surface area (Å²) in [6.45, 7) is 0. The fourth-order valence-electron chi connectivity index (χ4n) is 6.66. The molecule has 0 N–H and O–H groups in total. The van der Waals surface area contributed by atoms with E-state index in [0.717, 1.165) is 0 Å². The van der Waals surface area contributed by atoms with Crippen molar-refractivity contribution in [1.82, 2.24) is 0 Å². The minimum atomic E-state index is 1.28. The van der Waals surface area contributed by atoms with Gasteiger partial charge in [-0.2, -0.15) is 0 Å². The van der Waals surface area contributed by atoms with E-state index in [1.165, 1.54) is 82.4 Å². The van der Waals surface area contributed by atoms with Gasteiger partial charge in [0.1, 0.15) is 0 Å². The first-order valence-electron chi connectivity index (χ1n) is 12.2. The van der Waals surface area contributed by atoms with Gasteiger partial charge in [0.15, 0.2) is 0 Å². The maximum absolute atomic E-state index is 2.60. The molecule has 35 heavy (non-hydrogen) atoms. The Labute approximate surface area is 202 Å². The van der Waals surface area contributed by atoms with Crippen molar-refractivity contribution in [1.29, 1.82) is 0 Å². The number of fused-ring (bicyclic) bond motifs is 8. The number of anilines is 3. The van der Waals surface area contributed by atoms with Crippen LogP contribution in [0.5, 0.6) is 0 Å². The van der Waals surface area contributed by atoms with E-state index in [0.29, 0.717) is 0 Å². The first-order valence-corrected chi connectivity index (χ1v) is 12.2. The van der Waals surface area contributed by atoms with Gasteiger partial charge < -0.3 is 4.90 Å². The molecule has 1 nitrogen and oxygen atoms in total. The molecule has 2 aliphatic heterocycles. The van der Waals surface area contributed by atoms with E-state index in [1.807, 2.05) is 0 Å². The van der Waals surface area contributed by atoms with Gasteiger partial charge in [0.2, 0.25) is 0 Å². The fraction of sp³-hybridized carbons (Fsp3) is 0. The molecule has 9 rings (SSSR count). The van der Waals surface area contributed by atoms with Crippen LogP contribution in [0, 0.1) is 0 Å². The van der Waals surface area contributed by atoms with Crippen LogP contribution in [0.15, 0.2) is 115 Å². The molecule has 0 amide bonds. The molecular formula is C34H19N. The molecule has 0 atom stereocenters. The molecule has 160 valence electrons. The molecule has 0 saturated heterocycles. The molecule has 7 aromatic rings. The quantitative estimate of drug-likeness (QED) is 0.212. The predicted molar refractivity (Wildman–Crippen MR) is 149 cm³/mol. The number of hydrogen-bond donors (Lipinski definition) is 0. The molecule has 0 fully saturated rings. The number of para-hydroxylation sites is 1. The zero-order valence-corrected chi connectivity index (χ0v) is 18.9. The Morgan fingerprint density at radius 1 is 0.343 bits per heavy atom. The number of hydrogen-bond acceptors (Lipinski definition) is 1. The lowest BCUT2D eigenvalue weighted by atomic mass is 9.81. The Bertz CT molecular complexity index is 1920. The molecule has 2 aliphatic rings. The van der Waals surface area contributed by atoms with Gasteiger partial charge >= 0.3 is 0 Å². The van der Waals surface area contributed by atoms with Gasteiger partial charge in [-0.25, -0.2) is 0 Å². The van der Waals surface area contributed by atoms with Crippen molar-refractivity contribution in [3.05, 3.63) is 115 Å². The molecule has 0 aromatic heterocycles. The lowest BCUT2D eigenvalue weighted by Gasteiger charge is -2.40. The van der Waals surface area contributed by atoms with Crippen molar-refractivity contribution in [3.63, 3.8) is 0 Å². The predicted octanol–water partition coefficient (Wildman–Crippen LogP) is 9.73. The molecule has 0 spiro atoms. The third-order valence-electron chi connectivity index (χ3n) is 8.01. The lowest BCUT2D eigenvalue weighted by molar-refractivity contribution is 1.31. The lowest BCUT2D eigenvalue weighted by Crippen LogP contribution is -2.20. The van der Waals surface area contributed by atoms with E-state index < -0.39 is 0 Å². The van der Waals surface area contributed by atoms with Gasteiger partial charge in [0, 0.05) is 32.7 Å². The summed E-state index contributed by atoms with van der Waals surface area (Å²) in [5, 5.41) is 10.4. The van der Waals surface area contributed by atoms with Crippen LogP contribution < -0.4 is 4.90 Å². The van der Waals surface area contributed by atoms with Crippen molar-refractivity contribution in [2.75, 3.05) is 4.90 Å². The van der Waals surface area contributed by atoms with E-state index in [1.54, 1.807) is 0 Å². The van der Waals surface area contributed by atoms with Crippen LogP contribution in [-0.2, 0) is 0 Å². The van der Waals surface area contributed by atoms with Gasteiger partial charge in [0.25, 0.3) is 0 Å². The van der Waals surface area contributed by atoms with E-state index >= 15 is 0 Å². The van der Waals surface area contributed by atoms with Crippen LogP contribution in [0.3, 0.4) is 0 Å². The van der Waals surface area contributed by atoms with Crippen LogP contribution in [0.1, 0.15) is 0 Å². The number of benzene rings is 7. The van der Waals surface area contributed by atoms with Gasteiger partial charge in [-0.1, -0.05) is 103 Å². The third-order valence-corrected chi connectivity index (χ3v) is 8.01. The summed E-state index contributed by atoms with van der Waals surface area (Å²) in [7, 11) is 0. The molecule has 0 aliphatic carbocycles. The number of rotatable bonds is 0. The summed E-state index contributed by atoms with van der Waals surface area (Å²) in [6, 6.07) is 42.8. The van der Waals surface area contributed by atoms with Crippen molar-refractivity contribution < 1.29 is 0 Å². The van der Waals surface area contributed by atoms with Gasteiger partial charge in [0.05, 0.1) is 17.1 Å². The molecule has 0 unspecified atom stereocenters. The summed E-state index contributed by atoms with van der Waals surface area (Å²) >= 11 is 0. The molecule has 0 saturated carbocycles. The second-order valence-corrected chi connectivity index (χ2v) is 9.74. The minimum Gasteiger partial charge on any atom is -0.307 e. The molecule has 0 bridgehead atoms. The van der Waals surface area contributed by atoms with Crippen LogP contribution in [0.2, 0.25) is 0 Å². The van der Waals surface area contributed by atoms with Crippen LogP contribution >= 0.6 is 0 Å². The second kappa shape index (κ2) is 6.08. The topological polar surface area (TPSA) is 3.24 Å².